The van der Waals surface area contributed by atoms with Crippen LogP contribution in [0.1, 0.15) is 27.7 Å². The van der Waals surface area contributed by atoms with Crippen molar-refractivity contribution in [3.05, 3.63) is 0 Å². The van der Waals surface area contributed by atoms with Gasteiger partial charge in [-0.15, -0.1) is 0 Å². The summed E-state index contributed by atoms with van der Waals surface area (Å²) in [5.41, 5.74) is 23.9. The quantitative estimate of drug-likeness (QED) is 0.204. The van der Waals surface area contributed by atoms with Gasteiger partial charge < -0.3 is 54.2 Å². The first kappa shape index (κ1) is 37.0. The molecule has 0 aliphatic heterocycles. The number of aliphatic carboxylic acids is 5. The van der Waals surface area contributed by atoms with Gasteiger partial charge in [0.15, 0.2) is 0 Å². The normalized spacial score (nSPS) is 12.6. The summed E-state index contributed by atoms with van der Waals surface area (Å²) >= 11 is 0. The van der Waals surface area contributed by atoms with Crippen LogP contribution >= 0.6 is 0 Å². The largest absolute Gasteiger partial charge is 0.480 e. The van der Waals surface area contributed by atoms with Crippen LogP contribution in [0.4, 0.5) is 0 Å². The van der Waals surface area contributed by atoms with E-state index in [4.69, 9.17) is 48.5 Å². The zero-order chi connectivity index (χ0) is 24.9. The van der Waals surface area contributed by atoms with E-state index in [1.165, 1.54) is 27.7 Å². The molecule has 0 bridgehead atoms. The molecular formula is C14H33N5O10. The van der Waals surface area contributed by atoms with Crippen LogP contribution in [-0.2, 0) is 24.0 Å². The van der Waals surface area contributed by atoms with Gasteiger partial charge in [0.25, 0.3) is 0 Å². The zero-order valence-electron chi connectivity index (χ0n) is 16.7. The SMILES string of the molecule is C[C@@H](N)C(=O)O.C[C@@H](N)C(=O)O.C[C@H](N)C(=O)O.C[C@H](N)C(=O)O.NCC(=O)O. The summed E-state index contributed by atoms with van der Waals surface area (Å²) in [6.45, 7) is 5.40. The Hall–Kier alpha value is -2.85. The Morgan fingerprint density at radius 3 is 0.621 bits per heavy atom. The minimum absolute atomic E-state index is 0.278. The number of carboxylic acid groups (broad SMARTS) is 5. The van der Waals surface area contributed by atoms with Gasteiger partial charge in [0.05, 0.1) is 6.54 Å². The second-order valence-electron chi connectivity index (χ2n) is 5.11. The van der Waals surface area contributed by atoms with Crippen molar-refractivity contribution < 1.29 is 49.5 Å². The lowest BCUT2D eigenvalue weighted by Crippen LogP contribution is -2.25. The van der Waals surface area contributed by atoms with E-state index in [0.29, 0.717) is 0 Å². The number of hydrogen-bond acceptors (Lipinski definition) is 10. The standard InChI is InChI=1S/4C3H7NO2.C2H5NO2/c4*1-2(4)3(5)6;3-1-2(4)5/h4*2H,4H2,1H3,(H,5,6);1,3H2,(H,4,5)/t4*2-;/m1100./s1. The van der Waals surface area contributed by atoms with Crippen molar-refractivity contribution in [1.29, 1.82) is 0 Å². The third-order valence-electron chi connectivity index (χ3n) is 1.73. The van der Waals surface area contributed by atoms with E-state index in [-0.39, 0.29) is 6.54 Å². The lowest BCUT2D eigenvalue weighted by Gasteiger charge is -1.90. The molecular weight excluding hydrogens is 398 g/mol. The van der Waals surface area contributed by atoms with Crippen LogP contribution in [0, 0.1) is 0 Å². The van der Waals surface area contributed by atoms with E-state index in [0.717, 1.165) is 0 Å². The molecule has 0 amide bonds. The maximum absolute atomic E-state index is 9.57. The van der Waals surface area contributed by atoms with Crippen LogP contribution in [0.15, 0.2) is 0 Å². The zero-order valence-corrected chi connectivity index (χ0v) is 16.7. The van der Waals surface area contributed by atoms with Gasteiger partial charge >= 0.3 is 29.8 Å². The smallest absolute Gasteiger partial charge is 0.320 e. The second kappa shape index (κ2) is 23.2. The van der Waals surface area contributed by atoms with Crippen molar-refractivity contribution in [1.82, 2.24) is 0 Å². The Morgan fingerprint density at radius 2 is 0.621 bits per heavy atom. The molecule has 15 nitrogen and oxygen atoms in total. The lowest BCUT2D eigenvalue weighted by molar-refractivity contribution is -0.139. The fourth-order valence-electron chi connectivity index (χ4n) is 0. The van der Waals surface area contributed by atoms with Gasteiger partial charge in [0.1, 0.15) is 24.2 Å². The molecule has 0 aromatic heterocycles. The maximum Gasteiger partial charge on any atom is 0.320 e. The third-order valence-corrected chi connectivity index (χ3v) is 1.73. The van der Waals surface area contributed by atoms with Crippen LogP contribution in [0.25, 0.3) is 0 Å². The molecule has 0 radical (unpaired) electrons. The average Bonchev–Trinajstić information content (AvgIpc) is 2.56. The number of carbonyl (C=O) groups is 5. The molecule has 4 atom stereocenters. The van der Waals surface area contributed by atoms with E-state index < -0.39 is 54.0 Å². The minimum atomic E-state index is -0.968. The molecule has 0 aromatic carbocycles. The molecule has 29 heavy (non-hydrogen) atoms. The Balaban J connectivity index is -0.0000000829. The number of nitrogens with two attached hydrogens (primary N) is 5. The summed E-state index contributed by atoms with van der Waals surface area (Å²) in [6, 6.07) is -2.93. The fourth-order valence-corrected chi connectivity index (χ4v) is 0. The van der Waals surface area contributed by atoms with Crippen LogP contribution < -0.4 is 28.7 Å². The maximum atomic E-state index is 9.57. The van der Waals surface area contributed by atoms with Crippen LogP contribution in [0.3, 0.4) is 0 Å². The first-order valence-electron chi connectivity index (χ1n) is 7.70. The van der Waals surface area contributed by atoms with Crippen molar-refractivity contribution in [2.45, 2.75) is 51.9 Å². The average molecular weight is 431 g/mol. The molecule has 0 aromatic rings. The topological polar surface area (TPSA) is 317 Å². The highest BCUT2D eigenvalue weighted by atomic mass is 16.4. The van der Waals surface area contributed by atoms with Gasteiger partial charge in [0, 0.05) is 0 Å². The molecule has 0 rings (SSSR count). The van der Waals surface area contributed by atoms with E-state index in [9.17, 15) is 24.0 Å². The van der Waals surface area contributed by atoms with Crippen molar-refractivity contribution >= 4 is 29.8 Å². The molecule has 0 fully saturated rings. The Labute approximate surface area is 167 Å². The summed E-state index contributed by atoms with van der Waals surface area (Å²) in [4.78, 5) is 47.5. The third kappa shape index (κ3) is 58.7. The lowest BCUT2D eigenvalue weighted by atomic mass is 10.4. The summed E-state index contributed by atoms with van der Waals surface area (Å²) in [6.07, 6.45) is 0. The van der Waals surface area contributed by atoms with Crippen LogP contribution in [0.5, 0.6) is 0 Å². The van der Waals surface area contributed by atoms with E-state index >= 15 is 0 Å². The molecule has 0 spiro atoms. The highest BCUT2D eigenvalue weighted by molar-refractivity contribution is 5.73. The highest BCUT2D eigenvalue weighted by Crippen LogP contribution is 1.69. The number of carboxylic acids is 5. The molecule has 0 aliphatic carbocycles. The van der Waals surface area contributed by atoms with Crippen LogP contribution in [0.2, 0.25) is 0 Å². The molecule has 0 heterocycles. The van der Waals surface area contributed by atoms with Gasteiger partial charge in [-0.3, -0.25) is 24.0 Å². The van der Waals surface area contributed by atoms with Gasteiger partial charge in [-0.05, 0) is 27.7 Å². The first-order chi connectivity index (χ1) is 12.8. The Morgan fingerprint density at radius 1 is 0.552 bits per heavy atom. The Kier molecular flexibility index (Phi) is 29.6. The van der Waals surface area contributed by atoms with E-state index in [1.54, 1.807) is 0 Å². The first-order valence-corrected chi connectivity index (χ1v) is 7.70. The van der Waals surface area contributed by atoms with Gasteiger partial charge in [0.2, 0.25) is 0 Å². The minimum Gasteiger partial charge on any atom is -0.480 e. The summed E-state index contributed by atoms with van der Waals surface area (Å²) < 4.78 is 0. The summed E-state index contributed by atoms with van der Waals surface area (Å²) in [5.74, 6) is -4.82. The number of rotatable bonds is 5. The molecule has 0 unspecified atom stereocenters. The molecule has 0 saturated carbocycles. The predicted octanol–water partition coefficient (Wildman–Crippen LogP) is -3.30. The van der Waals surface area contributed by atoms with Crippen LogP contribution in [-0.4, -0.2) is 86.1 Å². The van der Waals surface area contributed by atoms with Crippen molar-refractivity contribution in [2.24, 2.45) is 28.7 Å². The van der Waals surface area contributed by atoms with E-state index in [2.05, 4.69) is 5.73 Å². The molecule has 174 valence electrons. The molecule has 0 saturated heterocycles. The van der Waals surface area contributed by atoms with Gasteiger partial charge in [-0.2, -0.15) is 0 Å². The van der Waals surface area contributed by atoms with Crippen molar-refractivity contribution in [2.75, 3.05) is 6.54 Å². The summed E-state index contributed by atoms with van der Waals surface area (Å²) in [5, 5.41) is 39.1. The molecule has 0 aliphatic rings. The second-order valence-corrected chi connectivity index (χ2v) is 5.11. The number of hydrogen-bond donors (Lipinski definition) is 10. The highest BCUT2D eigenvalue weighted by Gasteiger charge is 2.01. The van der Waals surface area contributed by atoms with Crippen molar-refractivity contribution in [3.8, 4) is 0 Å². The monoisotopic (exact) mass is 431 g/mol. The molecule has 15 N–H and O–H groups in total. The fraction of sp³-hybridized carbons (Fsp3) is 0.643. The van der Waals surface area contributed by atoms with Crippen molar-refractivity contribution in [3.63, 3.8) is 0 Å². The van der Waals surface area contributed by atoms with Gasteiger partial charge in [-0.25, -0.2) is 0 Å². The van der Waals surface area contributed by atoms with E-state index in [1.807, 2.05) is 0 Å². The molecule has 15 heteroatoms. The van der Waals surface area contributed by atoms with Gasteiger partial charge in [-0.1, -0.05) is 0 Å². The predicted molar refractivity (Wildman–Crippen MR) is 102 cm³/mol. The Bertz CT molecular complexity index is 409. The summed E-state index contributed by atoms with van der Waals surface area (Å²) in [7, 11) is 0.